The number of fused-ring (bicyclic) bond motifs is 1. The lowest BCUT2D eigenvalue weighted by atomic mass is 10.2. The summed E-state index contributed by atoms with van der Waals surface area (Å²) in [5, 5.41) is 1.82. The highest BCUT2D eigenvalue weighted by molar-refractivity contribution is 6.31. The Bertz CT molecular complexity index is 572. The van der Waals surface area contributed by atoms with Crippen molar-refractivity contribution in [2.24, 2.45) is 0 Å². The van der Waals surface area contributed by atoms with Gasteiger partial charge >= 0.3 is 0 Å². The molecule has 3 rings (SSSR count). The summed E-state index contributed by atoms with van der Waals surface area (Å²) in [6.45, 7) is 2.21. The van der Waals surface area contributed by atoms with Crippen molar-refractivity contribution in [1.82, 2.24) is 9.47 Å². The number of amides is 1. The van der Waals surface area contributed by atoms with E-state index in [2.05, 4.69) is 0 Å². The van der Waals surface area contributed by atoms with Crippen LogP contribution in [0.15, 0.2) is 30.5 Å². The zero-order valence-electron chi connectivity index (χ0n) is 9.40. The molecular formula is C13H13ClN2O. The molecule has 1 fully saturated rings. The van der Waals surface area contributed by atoms with Crippen LogP contribution < -0.4 is 0 Å². The van der Waals surface area contributed by atoms with E-state index in [0.717, 1.165) is 30.4 Å². The van der Waals surface area contributed by atoms with Crippen molar-refractivity contribution >= 4 is 28.4 Å². The maximum Gasteiger partial charge on any atom is 0.242 e. The molecule has 1 aromatic carbocycles. The van der Waals surface area contributed by atoms with Gasteiger partial charge in [0.05, 0.1) is 0 Å². The average Bonchev–Trinajstić information content (AvgIpc) is 2.58. The maximum atomic E-state index is 11.9. The molecule has 88 valence electrons. The highest BCUT2D eigenvalue weighted by atomic mass is 35.5. The van der Waals surface area contributed by atoms with Gasteiger partial charge in [-0.2, -0.15) is 0 Å². The average molecular weight is 249 g/mol. The van der Waals surface area contributed by atoms with E-state index in [1.165, 1.54) is 0 Å². The van der Waals surface area contributed by atoms with Crippen LogP contribution in [0.4, 0.5) is 0 Å². The molecule has 1 aromatic heterocycles. The number of hydrogen-bond acceptors (Lipinski definition) is 1. The molecule has 1 amide bonds. The Labute approximate surface area is 105 Å². The lowest BCUT2D eigenvalue weighted by Gasteiger charge is -2.31. The van der Waals surface area contributed by atoms with Crippen LogP contribution in [0.3, 0.4) is 0 Å². The van der Waals surface area contributed by atoms with Crippen LogP contribution >= 0.6 is 11.6 Å². The van der Waals surface area contributed by atoms with Gasteiger partial charge in [0.1, 0.15) is 6.54 Å². The molecule has 1 aliphatic heterocycles. The van der Waals surface area contributed by atoms with E-state index in [4.69, 9.17) is 11.6 Å². The number of rotatable bonds is 2. The Kier molecular flexibility index (Phi) is 2.56. The minimum atomic E-state index is 0.189. The molecule has 2 heterocycles. The van der Waals surface area contributed by atoms with Crippen LogP contribution in [0.1, 0.15) is 6.42 Å². The Morgan fingerprint density at radius 1 is 1.29 bits per heavy atom. The van der Waals surface area contributed by atoms with Crippen LogP contribution in [0.5, 0.6) is 0 Å². The molecule has 3 nitrogen and oxygen atoms in total. The van der Waals surface area contributed by atoms with Gasteiger partial charge in [0.15, 0.2) is 0 Å². The number of nitrogens with zero attached hydrogens (tertiary/aromatic N) is 2. The van der Waals surface area contributed by atoms with Crippen molar-refractivity contribution in [3.05, 3.63) is 35.5 Å². The van der Waals surface area contributed by atoms with E-state index < -0.39 is 0 Å². The molecule has 0 atom stereocenters. The van der Waals surface area contributed by atoms with Gasteiger partial charge in [-0.1, -0.05) is 17.7 Å². The van der Waals surface area contributed by atoms with Gasteiger partial charge in [-0.05, 0) is 30.0 Å². The molecule has 1 saturated heterocycles. The smallest absolute Gasteiger partial charge is 0.242 e. The van der Waals surface area contributed by atoms with E-state index in [-0.39, 0.29) is 5.91 Å². The molecule has 0 N–H and O–H groups in total. The molecule has 17 heavy (non-hydrogen) atoms. The first kappa shape index (κ1) is 10.7. The summed E-state index contributed by atoms with van der Waals surface area (Å²) in [6, 6.07) is 7.75. The van der Waals surface area contributed by atoms with Crippen LogP contribution in [-0.2, 0) is 11.3 Å². The van der Waals surface area contributed by atoms with Crippen molar-refractivity contribution in [2.75, 3.05) is 13.1 Å². The fraction of sp³-hybridized carbons (Fsp3) is 0.308. The molecule has 0 aliphatic carbocycles. The topological polar surface area (TPSA) is 25.2 Å². The van der Waals surface area contributed by atoms with Gasteiger partial charge in [-0.3, -0.25) is 4.79 Å². The summed E-state index contributed by atoms with van der Waals surface area (Å²) in [6.07, 6.45) is 3.07. The molecule has 0 bridgehead atoms. The van der Waals surface area contributed by atoms with E-state index >= 15 is 0 Å². The number of carbonyl (C=O) groups is 1. The van der Waals surface area contributed by atoms with Gasteiger partial charge < -0.3 is 9.47 Å². The molecule has 1 aliphatic rings. The Morgan fingerprint density at radius 2 is 2.12 bits per heavy atom. The number of halogens is 1. The lowest BCUT2D eigenvalue weighted by molar-refractivity contribution is -0.135. The highest BCUT2D eigenvalue weighted by Gasteiger charge is 2.20. The summed E-state index contributed by atoms with van der Waals surface area (Å²) >= 11 is 5.98. The summed E-state index contributed by atoms with van der Waals surface area (Å²) in [4.78, 5) is 13.8. The van der Waals surface area contributed by atoms with Gasteiger partial charge in [0.2, 0.25) is 5.91 Å². The predicted octanol–water partition coefficient (Wildman–Crippen LogP) is 2.53. The quantitative estimate of drug-likeness (QED) is 0.802. The van der Waals surface area contributed by atoms with Crippen LogP contribution in [0, 0.1) is 0 Å². The number of carbonyl (C=O) groups excluding carboxylic acids is 1. The van der Waals surface area contributed by atoms with Gasteiger partial charge in [-0.25, -0.2) is 0 Å². The summed E-state index contributed by atoms with van der Waals surface area (Å²) < 4.78 is 1.96. The normalized spacial score (nSPS) is 15.0. The third-order valence-electron chi connectivity index (χ3n) is 3.25. The number of hydrogen-bond donors (Lipinski definition) is 0. The van der Waals surface area contributed by atoms with Gasteiger partial charge in [-0.15, -0.1) is 0 Å². The molecule has 0 unspecified atom stereocenters. The zero-order chi connectivity index (χ0) is 11.8. The molecule has 2 aromatic rings. The zero-order valence-corrected chi connectivity index (χ0v) is 10.2. The monoisotopic (exact) mass is 248 g/mol. The van der Waals surface area contributed by atoms with Crippen LogP contribution in [0.25, 0.3) is 10.9 Å². The van der Waals surface area contributed by atoms with E-state index in [9.17, 15) is 4.79 Å². The molecule has 0 spiro atoms. The molecule has 0 radical (unpaired) electrons. The first-order valence-electron chi connectivity index (χ1n) is 5.76. The van der Waals surface area contributed by atoms with Gasteiger partial charge in [0, 0.05) is 29.8 Å². The molecule has 0 saturated carbocycles. The Balaban J connectivity index is 1.89. The van der Waals surface area contributed by atoms with E-state index in [1.54, 1.807) is 0 Å². The van der Waals surface area contributed by atoms with E-state index in [0.29, 0.717) is 11.6 Å². The summed E-state index contributed by atoms with van der Waals surface area (Å²) in [5.74, 6) is 0.189. The first-order chi connectivity index (χ1) is 8.24. The van der Waals surface area contributed by atoms with E-state index in [1.807, 2.05) is 39.9 Å². The predicted molar refractivity (Wildman–Crippen MR) is 68.1 cm³/mol. The second kappa shape index (κ2) is 4.08. The van der Waals surface area contributed by atoms with Crippen molar-refractivity contribution in [1.29, 1.82) is 0 Å². The molecular weight excluding hydrogens is 236 g/mol. The van der Waals surface area contributed by atoms with Crippen molar-refractivity contribution in [3.63, 3.8) is 0 Å². The minimum Gasteiger partial charge on any atom is -0.341 e. The van der Waals surface area contributed by atoms with Crippen molar-refractivity contribution in [3.8, 4) is 0 Å². The fourth-order valence-electron chi connectivity index (χ4n) is 2.11. The minimum absolute atomic E-state index is 0.189. The Hall–Kier alpha value is -1.48. The van der Waals surface area contributed by atoms with Crippen LogP contribution in [0.2, 0.25) is 5.02 Å². The second-order valence-corrected chi connectivity index (χ2v) is 4.82. The number of aromatic nitrogens is 1. The van der Waals surface area contributed by atoms with Crippen LogP contribution in [-0.4, -0.2) is 28.5 Å². The molecule has 4 heteroatoms. The lowest BCUT2D eigenvalue weighted by Crippen LogP contribution is -2.43. The fourth-order valence-corrected chi connectivity index (χ4v) is 2.27. The largest absolute Gasteiger partial charge is 0.341 e. The number of likely N-dealkylation sites (tertiary alicyclic amines) is 1. The first-order valence-corrected chi connectivity index (χ1v) is 6.14. The summed E-state index contributed by atoms with van der Waals surface area (Å²) in [7, 11) is 0. The third-order valence-corrected chi connectivity index (χ3v) is 3.49. The Morgan fingerprint density at radius 3 is 2.82 bits per heavy atom. The maximum absolute atomic E-state index is 11.9. The highest BCUT2D eigenvalue weighted by Crippen LogP contribution is 2.21. The number of benzene rings is 1. The van der Waals surface area contributed by atoms with Gasteiger partial charge in [0.25, 0.3) is 0 Å². The standard InChI is InChI=1S/C13H13ClN2O/c14-11-3-2-10-4-7-16(12(10)8-11)9-13(17)15-5-1-6-15/h2-4,7-8H,1,5-6,9H2. The van der Waals surface area contributed by atoms with Crippen molar-refractivity contribution < 1.29 is 4.79 Å². The third kappa shape index (κ3) is 1.91. The van der Waals surface area contributed by atoms with Crippen molar-refractivity contribution in [2.45, 2.75) is 13.0 Å². The summed E-state index contributed by atoms with van der Waals surface area (Å²) in [5.41, 5.74) is 1.02. The second-order valence-electron chi connectivity index (χ2n) is 4.38. The SMILES string of the molecule is O=C(Cn1ccc2ccc(Cl)cc21)N1CCC1.